The third-order valence-electron chi connectivity index (χ3n) is 6.40. The molecule has 8 heteroatoms. The van der Waals surface area contributed by atoms with E-state index in [2.05, 4.69) is 24.1 Å². The number of carbonyl (C=O) groups excluding carboxylic acids is 1. The number of hydrogen-bond donors (Lipinski definition) is 1. The number of fused-ring (bicyclic) bond motifs is 1. The summed E-state index contributed by atoms with van der Waals surface area (Å²) in [6, 6.07) is 14.2. The van der Waals surface area contributed by atoms with Crippen LogP contribution in [0.15, 0.2) is 48.5 Å². The van der Waals surface area contributed by atoms with Gasteiger partial charge in [-0.2, -0.15) is 4.98 Å². The molecule has 2 aliphatic rings. The van der Waals surface area contributed by atoms with E-state index in [-0.39, 0.29) is 17.0 Å². The van der Waals surface area contributed by atoms with Gasteiger partial charge in [-0.05, 0) is 48.2 Å². The van der Waals surface area contributed by atoms with Crippen molar-refractivity contribution in [3.63, 3.8) is 0 Å². The third-order valence-corrected chi connectivity index (χ3v) is 6.65. The number of piperazine rings is 1. The Morgan fingerprint density at radius 2 is 1.62 bits per heavy atom. The molecule has 1 fully saturated rings. The van der Waals surface area contributed by atoms with E-state index in [1.165, 1.54) is 6.07 Å². The molecule has 34 heavy (non-hydrogen) atoms. The monoisotopic (exact) mass is 479 g/mol. The number of para-hydroxylation sites is 1. The number of benzene rings is 2. The van der Waals surface area contributed by atoms with Crippen LogP contribution < -0.4 is 15.1 Å². The van der Waals surface area contributed by atoms with Gasteiger partial charge in [-0.25, -0.2) is 9.37 Å². The van der Waals surface area contributed by atoms with Gasteiger partial charge in [-0.15, -0.1) is 0 Å². The summed E-state index contributed by atoms with van der Waals surface area (Å²) >= 11 is 6.04. The molecule has 1 aliphatic heterocycles. The van der Waals surface area contributed by atoms with Gasteiger partial charge in [0.1, 0.15) is 11.6 Å². The number of rotatable bonds is 4. The van der Waals surface area contributed by atoms with Crippen LogP contribution in [0.5, 0.6) is 0 Å². The third kappa shape index (κ3) is 4.57. The highest BCUT2D eigenvalue weighted by atomic mass is 35.5. The molecule has 5 rings (SSSR count). The highest BCUT2D eigenvalue weighted by Crippen LogP contribution is 2.38. The van der Waals surface area contributed by atoms with E-state index in [9.17, 15) is 9.18 Å². The van der Waals surface area contributed by atoms with E-state index in [1.54, 1.807) is 18.2 Å². The predicted molar refractivity (Wildman–Crippen MR) is 134 cm³/mol. The maximum Gasteiger partial charge on any atom is 0.227 e. The van der Waals surface area contributed by atoms with Gasteiger partial charge in [0.15, 0.2) is 5.78 Å². The van der Waals surface area contributed by atoms with Crippen molar-refractivity contribution in [2.24, 2.45) is 5.41 Å². The molecule has 1 N–H and O–H groups in total. The van der Waals surface area contributed by atoms with Crippen molar-refractivity contribution >= 4 is 40.5 Å². The summed E-state index contributed by atoms with van der Waals surface area (Å²) < 4.78 is 14.2. The lowest BCUT2D eigenvalue weighted by Crippen LogP contribution is -2.47. The summed E-state index contributed by atoms with van der Waals surface area (Å²) in [6.45, 7) is 6.82. The maximum atomic E-state index is 14.2. The maximum absolute atomic E-state index is 14.2. The van der Waals surface area contributed by atoms with Crippen LogP contribution in [0, 0.1) is 11.2 Å². The van der Waals surface area contributed by atoms with Crippen LogP contribution in [0.2, 0.25) is 5.02 Å². The first kappa shape index (κ1) is 22.6. The quantitative estimate of drug-likeness (QED) is 0.533. The molecule has 6 nitrogen and oxygen atoms in total. The number of nitrogens with zero attached hydrogens (tertiary/aromatic N) is 4. The summed E-state index contributed by atoms with van der Waals surface area (Å²) in [7, 11) is 0. The zero-order chi connectivity index (χ0) is 23.9. The minimum Gasteiger partial charge on any atom is -0.366 e. The summed E-state index contributed by atoms with van der Waals surface area (Å²) in [5.41, 5.74) is 2.61. The SMILES string of the molecule is CC1(C)CC(=O)c2c(nc(N3CCN(c4ccccc4F)CC3)nc2Nc2ccc(Cl)cc2)C1. The molecule has 0 unspecified atom stereocenters. The number of Topliss-reactive ketones (excluding diaryl/α,β-unsaturated/α-hetero) is 1. The Balaban J connectivity index is 1.45. The van der Waals surface area contributed by atoms with Crippen LogP contribution in [-0.4, -0.2) is 41.9 Å². The van der Waals surface area contributed by atoms with Gasteiger partial charge in [0.25, 0.3) is 0 Å². The molecule has 176 valence electrons. The second-order valence-corrected chi connectivity index (χ2v) is 10.1. The van der Waals surface area contributed by atoms with Crippen molar-refractivity contribution in [1.29, 1.82) is 0 Å². The summed E-state index contributed by atoms with van der Waals surface area (Å²) in [5.74, 6) is 0.961. The lowest BCUT2D eigenvalue weighted by atomic mass is 9.75. The van der Waals surface area contributed by atoms with E-state index in [0.29, 0.717) is 67.1 Å². The lowest BCUT2D eigenvalue weighted by molar-refractivity contribution is 0.0911. The summed E-state index contributed by atoms with van der Waals surface area (Å²) in [5, 5.41) is 3.96. The minimum absolute atomic E-state index is 0.0543. The number of halogens is 2. The van der Waals surface area contributed by atoms with Crippen molar-refractivity contribution in [3.05, 3.63) is 70.6 Å². The number of ketones is 1. The molecule has 0 atom stereocenters. The molecule has 0 amide bonds. The number of carbonyl (C=O) groups is 1. The normalized spacial score (nSPS) is 17.5. The van der Waals surface area contributed by atoms with Crippen LogP contribution >= 0.6 is 11.6 Å². The van der Waals surface area contributed by atoms with Gasteiger partial charge in [0.2, 0.25) is 5.95 Å². The second kappa shape index (κ2) is 8.87. The van der Waals surface area contributed by atoms with Crippen molar-refractivity contribution in [2.45, 2.75) is 26.7 Å². The van der Waals surface area contributed by atoms with Gasteiger partial charge in [-0.1, -0.05) is 37.6 Å². The Morgan fingerprint density at radius 3 is 2.32 bits per heavy atom. The molecule has 1 aliphatic carbocycles. The van der Waals surface area contributed by atoms with Crippen molar-refractivity contribution in [3.8, 4) is 0 Å². The smallest absolute Gasteiger partial charge is 0.227 e. The van der Waals surface area contributed by atoms with E-state index < -0.39 is 0 Å². The number of anilines is 4. The van der Waals surface area contributed by atoms with E-state index in [0.717, 1.165) is 11.4 Å². The molecule has 3 aromatic rings. The Hall–Kier alpha value is -3.19. The van der Waals surface area contributed by atoms with Gasteiger partial charge >= 0.3 is 0 Å². The Kier molecular flexibility index (Phi) is 5.90. The van der Waals surface area contributed by atoms with E-state index >= 15 is 0 Å². The van der Waals surface area contributed by atoms with Gasteiger partial charge in [-0.3, -0.25) is 4.79 Å². The highest BCUT2D eigenvalue weighted by Gasteiger charge is 2.35. The van der Waals surface area contributed by atoms with Crippen molar-refractivity contribution in [1.82, 2.24) is 9.97 Å². The largest absolute Gasteiger partial charge is 0.366 e. The summed E-state index contributed by atoms with van der Waals surface area (Å²) in [4.78, 5) is 26.9. The molecule has 0 saturated carbocycles. The Bertz CT molecular complexity index is 1220. The number of aromatic nitrogens is 2. The van der Waals surface area contributed by atoms with Gasteiger partial charge in [0, 0.05) is 43.3 Å². The molecular formula is C26H27ClFN5O. The van der Waals surface area contributed by atoms with Crippen LogP contribution in [-0.2, 0) is 6.42 Å². The standard InChI is InChI=1S/C26H27ClFN5O/c1-26(2)15-20-23(22(34)16-26)24(29-18-9-7-17(27)8-10-18)31-25(30-20)33-13-11-32(12-14-33)21-6-4-3-5-19(21)28/h3-10H,11-16H2,1-2H3,(H,29,30,31). The molecule has 0 spiro atoms. The van der Waals surface area contributed by atoms with Gasteiger partial charge < -0.3 is 15.1 Å². The number of hydrogen-bond acceptors (Lipinski definition) is 6. The molecule has 1 aromatic heterocycles. The zero-order valence-corrected chi connectivity index (χ0v) is 20.1. The average molecular weight is 480 g/mol. The lowest BCUT2D eigenvalue weighted by Gasteiger charge is -2.37. The predicted octanol–water partition coefficient (Wildman–Crippen LogP) is 5.49. The fraction of sp³-hybridized carbons (Fsp3) is 0.346. The highest BCUT2D eigenvalue weighted by molar-refractivity contribution is 6.30. The first-order valence-corrected chi connectivity index (χ1v) is 11.9. The van der Waals surface area contributed by atoms with E-state index in [1.807, 2.05) is 29.2 Å². The van der Waals surface area contributed by atoms with E-state index in [4.69, 9.17) is 21.6 Å². The number of nitrogens with one attached hydrogen (secondary N) is 1. The van der Waals surface area contributed by atoms with Crippen LogP contribution in [0.25, 0.3) is 0 Å². The fourth-order valence-electron chi connectivity index (χ4n) is 4.71. The molecule has 0 radical (unpaired) electrons. The summed E-state index contributed by atoms with van der Waals surface area (Å²) in [6.07, 6.45) is 1.16. The topological polar surface area (TPSA) is 61.4 Å². The molecule has 1 saturated heterocycles. The fourth-order valence-corrected chi connectivity index (χ4v) is 4.84. The average Bonchev–Trinajstić information content (AvgIpc) is 2.80. The van der Waals surface area contributed by atoms with Crippen molar-refractivity contribution in [2.75, 3.05) is 41.3 Å². The second-order valence-electron chi connectivity index (χ2n) is 9.69. The van der Waals surface area contributed by atoms with Gasteiger partial charge in [0.05, 0.1) is 16.9 Å². The molecule has 0 bridgehead atoms. The molecular weight excluding hydrogens is 453 g/mol. The Labute approximate surface area is 203 Å². The van der Waals surface area contributed by atoms with Crippen LogP contribution in [0.4, 0.5) is 27.5 Å². The molecule has 2 aromatic carbocycles. The van der Waals surface area contributed by atoms with Crippen LogP contribution in [0.1, 0.15) is 36.3 Å². The molecule has 2 heterocycles. The van der Waals surface area contributed by atoms with Crippen LogP contribution in [0.3, 0.4) is 0 Å². The Morgan fingerprint density at radius 1 is 0.941 bits per heavy atom. The minimum atomic E-state index is -0.212. The first-order valence-electron chi connectivity index (χ1n) is 11.5. The zero-order valence-electron chi connectivity index (χ0n) is 19.3. The van der Waals surface area contributed by atoms with Crippen molar-refractivity contribution < 1.29 is 9.18 Å². The first-order chi connectivity index (χ1) is 16.3.